The molecule has 7 heteroatoms. The van der Waals surface area contributed by atoms with E-state index in [0.717, 1.165) is 55.5 Å². The van der Waals surface area contributed by atoms with Gasteiger partial charge in [-0.15, -0.1) is 17.5 Å². The van der Waals surface area contributed by atoms with Gasteiger partial charge in [0.2, 0.25) is 0 Å². The first-order valence-electron chi connectivity index (χ1n) is 22.4. The van der Waals surface area contributed by atoms with Crippen LogP contribution >= 0.6 is 0 Å². The summed E-state index contributed by atoms with van der Waals surface area (Å²) in [5, 5.41) is 2.20. The average molecular weight is 1040 g/mol. The first kappa shape index (κ1) is 44.6. The number of nitrogens with zero attached hydrogens (tertiary/aromatic N) is 5. The fourth-order valence-corrected chi connectivity index (χ4v) is 9.08. The van der Waals surface area contributed by atoms with E-state index in [0.29, 0.717) is 17.3 Å². The molecule has 0 radical (unpaired) electrons. The minimum atomic E-state index is -0.184. The van der Waals surface area contributed by atoms with Gasteiger partial charge in [-0.05, 0) is 84.5 Å². The maximum Gasteiger partial charge on any atom is 0.269 e. The Hall–Kier alpha value is -6.62. The molecule has 4 heterocycles. The van der Waals surface area contributed by atoms with Gasteiger partial charge in [0.05, 0.1) is 22.5 Å². The van der Waals surface area contributed by atoms with Crippen LogP contribution in [0.25, 0.3) is 72.4 Å². The van der Waals surface area contributed by atoms with Gasteiger partial charge in [0, 0.05) is 38.5 Å². The molecule has 0 aliphatic heterocycles. The van der Waals surface area contributed by atoms with Crippen LogP contribution in [-0.4, -0.2) is 19.1 Å². The summed E-state index contributed by atoms with van der Waals surface area (Å²) in [4.78, 5) is 9.76. The van der Waals surface area contributed by atoms with Crippen molar-refractivity contribution in [2.75, 3.05) is 0 Å². The van der Waals surface area contributed by atoms with E-state index in [-0.39, 0.29) is 37.3 Å². The Morgan fingerprint density at radius 2 is 1.11 bits per heavy atom. The number of ether oxygens (including phenoxy) is 1. The molecule has 0 unspecified atom stereocenters. The monoisotopic (exact) mass is 1040 g/mol. The molecule has 10 aromatic rings. The molecule has 6 aromatic carbocycles. The van der Waals surface area contributed by atoms with Gasteiger partial charge in [0.15, 0.2) is 0 Å². The number of aromatic nitrogens is 5. The van der Waals surface area contributed by atoms with Crippen LogP contribution in [-0.2, 0) is 37.3 Å². The summed E-state index contributed by atoms with van der Waals surface area (Å²) < 4.78 is 13.1. The van der Waals surface area contributed by atoms with Gasteiger partial charge in [-0.1, -0.05) is 183 Å². The van der Waals surface area contributed by atoms with Crippen molar-refractivity contribution in [1.29, 1.82) is 0 Å². The Kier molecular flexibility index (Phi) is 11.5. The van der Waals surface area contributed by atoms with E-state index in [4.69, 9.17) is 14.7 Å². The Morgan fingerprint density at radius 1 is 0.530 bits per heavy atom. The first-order valence-corrected chi connectivity index (χ1v) is 22.4. The number of hydrogen-bond donors (Lipinski definition) is 0. The number of fused-ring (bicyclic) bond motifs is 4. The SMILES string of the molecule is CC(C)(C)c1ccnc(-n2c3[c-]c(Oc4[c-]c(-n5[c-][n+](-c6c(-c7ccccc7)c(C(C)(C)C)cc(C(C)(C)C)c6-c6ccccc6)c6ccccc65)ncc4)ccc3c3ccccc32)c1.[Pt]. The van der Waals surface area contributed by atoms with Crippen LogP contribution < -0.4 is 9.30 Å². The molecule has 0 aliphatic rings. The second-order valence-electron chi connectivity index (χ2n) is 20.0. The Morgan fingerprint density at radius 3 is 1.74 bits per heavy atom. The summed E-state index contributed by atoms with van der Waals surface area (Å²) in [6, 6.07) is 58.3. The van der Waals surface area contributed by atoms with E-state index in [9.17, 15) is 0 Å². The second-order valence-corrected chi connectivity index (χ2v) is 20.0. The van der Waals surface area contributed by atoms with Crippen molar-refractivity contribution in [1.82, 2.24) is 19.1 Å². The summed E-state index contributed by atoms with van der Waals surface area (Å²) >= 11 is 0. The van der Waals surface area contributed by atoms with Crippen molar-refractivity contribution in [2.24, 2.45) is 0 Å². The Bertz CT molecular complexity index is 3330. The van der Waals surface area contributed by atoms with E-state index in [1.54, 1.807) is 6.20 Å². The molecule has 332 valence electrons. The minimum Gasteiger partial charge on any atom is -0.522 e. The minimum absolute atomic E-state index is 0. The molecule has 4 aromatic heterocycles. The first-order chi connectivity index (χ1) is 31.1. The molecule has 6 nitrogen and oxygen atoms in total. The summed E-state index contributed by atoms with van der Waals surface area (Å²) in [5.74, 6) is 2.47. The maximum atomic E-state index is 6.66. The van der Waals surface area contributed by atoms with E-state index in [2.05, 4.69) is 223 Å². The number of para-hydroxylation sites is 3. The molecule has 0 atom stereocenters. The van der Waals surface area contributed by atoms with E-state index < -0.39 is 0 Å². The molecule has 0 N–H and O–H groups in total. The molecule has 0 aliphatic carbocycles. The molecule has 0 saturated carbocycles. The number of pyridine rings is 2. The third-order valence-electron chi connectivity index (χ3n) is 12.3. The van der Waals surface area contributed by atoms with Gasteiger partial charge in [-0.2, -0.15) is 18.2 Å². The van der Waals surface area contributed by atoms with Gasteiger partial charge in [-0.25, -0.2) is 4.98 Å². The smallest absolute Gasteiger partial charge is 0.269 e. The molecule has 0 amide bonds. The fraction of sp³-hybridized carbons (Fsp3) is 0.203. The van der Waals surface area contributed by atoms with Crippen LogP contribution in [0.15, 0.2) is 158 Å². The predicted octanol–water partition coefficient (Wildman–Crippen LogP) is 14.2. The van der Waals surface area contributed by atoms with E-state index >= 15 is 0 Å². The van der Waals surface area contributed by atoms with Gasteiger partial charge in [-0.3, -0.25) is 14.1 Å². The number of rotatable bonds is 7. The van der Waals surface area contributed by atoms with Gasteiger partial charge in [0.1, 0.15) is 5.82 Å². The summed E-state index contributed by atoms with van der Waals surface area (Å²) in [5.41, 5.74) is 12.9. The third-order valence-corrected chi connectivity index (χ3v) is 12.3. The normalized spacial score (nSPS) is 12.2. The third kappa shape index (κ3) is 8.06. The zero-order valence-corrected chi connectivity index (χ0v) is 41.2. The molecule has 0 saturated heterocycles. The molecule has 0 fully saturated rings. The number of imidazole rings is 1. The van der Waals surface area contributed by atoms with Crippen LogP contribution in [0.4, 0.5) is 0 Å². The summed E-state index contributed by atoms with van der Waals surface area (Å²) in [6.07, 6.45) is 7.50. The van der Waals surface area contributed by atoms with Crippen LogP contribution in [0.2, 0.25) is 0 Å². The quantitative estimate of drug-likeness (QED) is 0.118. The van der Waals surface area contributed by atoms with E-state index in [1.807, 2.05) is 22.9 Å². The molecule has 10 rings (SSSR count). The van der Waals surface area contributed by atoms with Crippen LogP contribution in [0.3, 0.4) is 0 Å². The molecule has 0 spiro atoms. The van der Waals surface area contributed by atoms with Gasteiger partial charge >= 0.3 is 0 Å². The Balaban J connectivity index is 0.00000548. The molecule has 0 bridgehead atoms. The van der Waals surface area contributed by atoms with Crippen LogP contribution in [0.5, 0.6) is 11.5 Å². The average Bonchev–Trinajstić information content (AvgIpc) is 3.84. The fourth-order valence-electron chi connectivity index (χ4n) is 9.08. The van der Waals surface area contributed by atoms with Gasteiger partial charge in [0.25, 0.3) is 6.33 Å². The summed E-state index contributed by atoms with van der Waals surface area (Å²) in [7, 11) is 0. The maximum absolute atomic E-state index is 6.66. The van der Waals surface area contributed by atoms with E-state index in [1.165, 1.54) is 27.8 Å². The van der Waals surface area contributed by atoms with Crippen molar-refractivity contribution in [3.05, 3.63) is 193 Å². The van der Waals surface area contributed by atoms with Crippen LogP contribution in [0.1, 0.15) is 79.0 Å². The zero-order chi connectivity index (χ0) is 45.3. The molecular formula is C59H53N5OPt-2. The predicted molar refractivity (Wildman–Crippen MR) is 265 cm³/mol. The zero-order valence-electron chi connectivity index (χ0n) is 39.0. The van der Waals surface area contributed by atoms with Crippen molar-refractivity contribution in [3.8, 4) is 51.1 Å². The largest absolute Gasteiger partial charge is 0.522 e. The van der Waals surface area contributed by atoms with Crippen molar-refractivity contribution < 1.29 is 30.4 Å². The van der Waals surface area contributed by atoms with Crippen molar-refractivity contribution >= 4 is 32.8 Å². The summed E-state index contributed by atoms with van der Waals surface area (Å²) in [6.45, 7) is 20.5. The van der Waals surface area contributed by atoms with Crippen molar-refractivity contribution in [3.63, 3.8) is 0 Å². The number of hydrogen-bond acceptors (Lipinski definition) is 3. The Labute approximate surface area is 402 Å². The van der Waals surface area contributed by atoms with Crippen molar-refractivity contribution in [2.45, 2.75) is 78.6 Å². The molecular weight excluding hydrogens is 990 g/mol. The molecule has 66 heavy (non-hydrogen) atoms. The number of benzene rings is 6. The van der Waals surface area contributed by atoms with Gasteiger partial charge < -0.3 is 9.30 Å². The standard InChI is InChI=1S/C59H53N5O.Pt/c1-57(2,3)41-30-32-61-53(34-41)64-48-25-17-16-24-44(48)45-29-28-42(35-51(45)64)65-43-31-33-60-52(36-43)62-38-63(50-27-19-18-26-49(50)62)56-54(39-20-12-10-13-21-39)46(58(4,5)6)37-47(59(7,8)9)55(56)40-22-14-11-15-23-40;/h10-34,37H,1-9H3;/q-2;. The van der Waals surface area contributed by atoms with Crippen LogP contribution in [0, 0.1) is 18.5 Å². The topological polar surface area (TPSA) is 48.8 Å². The second kappa shape index (κ2) is 17.0.